The summed E-state index contributed by atoms with van der Waals surface area (Å²) >= 11 is 0. The van der Waals surface area contributed by atoms with Crippen molar-refractivity contribution in [1.82, 2.24) is 10.2 Å². The van der Waals surface area contributed by atoms with Crippen LogP contribution in [-0.2, 0) is 17.6 Å². The van der Waals surface area contributed by atoms with Crippen LogP contribution in [0.4, 0.5) is 20.4 Å². The van der Waals surface area contributed by atoms with Gasteiger partial charge >= 0.3 is 0 Å². The van der Waals surface area contributed by atoms with Gasteiger partial charge in [-0.1, -0.05) is 30.3 Å². The van der Waals surface area contributed by atoms with E-state index in [1.807, 2.05) is 0 Å². The normalized spacial score (nSPS) is 10.4. The predicted molar refractivity (Wildman–Crippen MR) is 99.4 cm³/mol. The molecule has 3 rings (SSSR count). The minimum absolute atomic E-state index is 0.116. The van der Waals surface area contributed by atoms with E-state index in [0.29, 0.717) is 35.7 Å². The number of benzene rings is 2. The van der Waals surface area contributed by atoms with E-state index in [0.717, 1.165) is 0 Å². The van der Waals surface area contributed by atoms with Gasteiger partial charge in [0, 0.05) is 6.54 Å². The summed E-state index contributed by atoms with van der Waals surface area (Å²) in [5.74, 6) is 0.00789. The lowest BCUT2D eigenvalue weighted by molar-refractivity contribution is -0.115. The molecule has 0 bridgehead atoms. The lowest BCUT2D eigenvalue weighted by Crippen LogP contribution is -2.16. The first-order valence-corrected chi connectivity index (χ1v) is 8.45. The van der Waals surface area contributed by atoms with Gasteiger partial charge in [0.05, 0.1) is 6.42 Å². The molecule has 1 heterocycles. The maximum atomic E-state index is 13.6. The second kappa shape index (κ2) is 8.84. The molecule has 5 nitrogen and oxygen atoms in total. The summed E-state index contributed by atoms with van der Waals surface area (Å²) in [7, 11) is 0. The highest BCUT2D eigenvalue weighted by atomic mass is 19.1. The van der Waals surface area contributed by atoms with E-state index in [1.165, 1.54) is 18.2 Å². The minimum atomic E-state index is -0.344. The molecule has 7 heteroatoms. The molecular weight excluding hydrogens is 350 g/mol. The van der Waals surface area contributed by atoms with Crippen LogP contribution in [0.3, 0.4) is 0 Å². The Morgan fingerprint density at radius 3 is 2.30 bits per heavy atom. The van der Waals surface area contributed by atoms with Gasteiger partial charge in [-0.3, -0.25) is 4.79 Å². The highest BCUT2D eigenvalue weighted by Gasteiger charge is 2.06. The Morgan fingerprint density at radius 2 is 1.59 bits per heavy atom. The average molecular weight is 368 g/mol. The molecule has 0 saturated heterocycles. The number of hydrogen-bond acceptors (Lipinski definition) is 4. The van der Waals surface area contributed by atoms with Gasteiger partial charge in [0.1, 0.15) is 17.5 Å². The number of carbonyl (C=O) groups excluding carboxylic acids is 1. The van der Waals surface area contributed by atoms with Crippen LogP contribution in [0.25, 0.3) is 0 Å². The molecule has 138 valence electrons. The third-order valence-corrected chi connectivity index (χ3v) is 3.87. The molecule has 0 aliphatic heterocycles. The van der Waals surface area contributed by atoms with E-state index in [-0.39, 0.29) is 24.0 Å². The van der Waals surface area contributed by atoms with Crippen LogP contribution < -0.4 is 10.6 Å². The van der Waals surface area contributed by atoms with Crippen LogP contribution in [0.1, 0.15) is 11.1 Å². The number of nitrogens with zero attached hydrogens (tertiary/aromatic N) is 2. The maximum absolute atomic E-state index is 13.6. The fraction of sp³-hybridized carbons (Fsp3) is 0.150. The Labute approximate surface area is 155 Å². The molecule has 27 heavy (non-hydrogen) atoms. The molecule has 2 N–H and O–H groups in total. The third kappa shape index (κ3) is 5.57. The molecule has 0 unspecified atom stereocenters. The van der Waals surface area contributed by atoms with E-state index in [4.69, 9.17) is 0 Å². The van der Waals surface area contributed by atoms with E-state index in [9.17, 15) is 13.6 Å². The number of nitrogens with one attached hydrogen (secondary N) is 2. The standard InChI is InChI=1S/C20H18F2N4O/c21-16-7-5-14(6-8-16)13-20(27)24-19-10-9-18(25-26-19)23-12-11-15-3-1-2-4-17(15)22/h1-10H,11-13H2,(H,23,25)(H,24,26,27). The summed E-state index contributed by atoms with van der Waals surface area (Å²) < 4.78 is 26.4. The van der Waals surface area contributed by atoms with Crippen LogP contribution in [0.2, 0.25) is 0 Å². The average Bonchev–Trinajstić information content (AvgIpc) is 2.66. The Hall–Kier alpha value is -3.35. The SMILES string of the molecule is O=C(Cc1ccc(F)cc1)Nc1ccc(NCCc2ccccc2F)nn1. The third-order valence-electron chi connectivity index (χ3n) is 3.87. The zero-order valence-corrected chi connectivity index (χ0v) is 14.5. The molecule has 1 aromatic heterocycles. The molecule has 0 atom stereocenters. The molecule has 0 radical (unpaired) electrons. The first kappa shape index (κ1) is 18.4. The fourth-order valence-corrected chi connectivity index (χ4v) is 2.49. The summed E-state index contributed by atoms with van der Waals surface area (Å²) in [6.45, 7) is 0.506. The van der Waals surface area contributed by atoms with Gasteiger partial charge in [-0.25, -0.2) is 8.78 Å². The van der Waals surface area contributed by atoms with E-state index >= 15 is 0 Å². The van der Waals surface area contributed by atoms with Gasteiger partial charge in [0.2, 0.25) is 5.91 Å². The van der Waals surface area contributed by atoms with Crippen LogP contribution in [0.15, 0.2) is 60.7 Å². The molecular formula is C20H18F2N4O. The summed E-state index contributed by atoms with van der Waals surface area (Å²) in [6, 6.07) is 15.7. The van der Waals surface area contributed by atoms with Gasteiger partial charge in [-0.05, 0) is 47.9 Å². The zero-order valence-electron chi connectivity index (χ0n) is 14.5. The topological polar surface area (TPSA) is 66.9 Å². The lowest BCUT2D eigenvalue weighted by Gasteiger charge is -2.07. The quantitative estimate of drug-likeness (QED) is 0.669. The van der Waals surface area contributed by atoms with E-state index in [1.54, 1.807) is 42.5 Å². The number of hydrogen-bond donors (Lipinski definition) is 2. The maximum Gasteiger partial charge on any atom is 0.229 e. The van der Waals surface area contributed by atoms with Gasteiger partial charge < -0.3 is 10.6 Å². The van der Waals surface area contributed by atoms with Crippen molar-refractivity contribution in [2.24, 2.45) is 0 Å². The van der Waals surface area contributed by atoms with Gasteiger partial charge in [0.25, 0.3) is 0 Å². The van der Waals surface area contributed by atoms with Crippen LogP contribution in [-0.4, -0.2) is 22.6 Å². The van der Waals surface area contributed by atoms with Gasteiger partial charge in [-0.15, -0.1) is 10.2 Å². The second-order valence-corrected chi connectivity index (χ2v) is 5.92. The Morgan fingerprint density at radius 1 is 0.889 bits per heavy atom. The monoisotopic (exact) mass is 368 g/mol. The van der Waals surface area contributed by atoms with Crippen LogP contribution in [0, 0.1) is 11.6 Å². The smallest absolute Gasteiger partial charge is 0.229 e. The molecule has 0 spiro atoms. The number of amides is 1. The summed E-state index contributed by atoms with van der Waals surface area (Å²) in [5.41, 5.74) is 1.33. The van der Waals surface area contributed by atoms with Crippen molar-refractivity contribution >= 4 is 17.5 Å². The van der Waals surface area contributed by atoms with Crippen molar-refractivity contribution in [2.75, 3.05) is 17.2 Å². The van der Waals surface area contributed by atoms with Crippen molar-refractivity contribution < 1.29 is 13.6 Å². The Kier molecular flexibility index (Phi) is 6.04. The van der Waals surface area contributed by atoms with Crippen molar-refractivity contribution in [3.05, 3.63) is 83.4 Å². The second-order valence-electron chi connectivity index (χ2n) is 5.92. The largest absolute Gasteiger partial charge is 0.368 e. The van der Waals surface area contributed by atoms with Crippen LogP contribution >= 0.6 is 0 Å². The molecule has 3 aromatic rings. The van der Waals surface area contributed by atoms with E-state index < -0.39 is 0 Å². The highest BCUT2D eigenvalue weighted by molar-refractivity contribution is 5.91. The van der Waals surface area contributed by atoms with Gasteiger partial charge in [0.15, 0.2) is 5.82 Å². The number of carbonyl (C=O) groups is 1. The number of aromatic nitrogens is 2. The summed E-state index contributed by atoms with van der Waals surface area (Å²) in [4.78, 5) is 12.0. The molecule has 0 aliphatic carbocycles. The molecule has 0 fully saturated rings. The summed E-state index contributed by atoms with van der Waals surface area (Å²) in [6.07, 6.45) is 0.634. The van der Waals surface area contributed by atoms with Crippen molar-refractivity contribution in [2.45, 2.75) is 12.8 Å². The number of rotatable bonds is 7. The Bertz CT molecular complexity index is 899. The minimum Gasteiger partial charge on any atom is -0.368 e. The number of anilines is 2. The first-order chi connectivity index (χ1) is 13.1. The predicted octanol–water partition coefficient (Wildman–Crippen LogP) is 3.59. The fourth-order valence-electron chi connectivity index (χ4n) is 2.49. The Balaban J connectivity index is 1.47. The van der Waals surface area contributed by atoms with E-state index in [2.05, 4.69) is 20.8 Å². The highest BCUT2D eigenvalue weighted by Crippen LogP contribution is 2.10. The first-order valence-electron chi connectivity index (χ1n) is 8.45. The van der Waals surface area contributed by atoms with Crippen molar-refractivity contribution in [1.29, 1.82) is 0 Å². The zero-order chi connectivity index (χ0) is 19.1. The van der Waals surface area contributed by atoms with Crippen molar-refractivity contribution in [3.63, 3.8) is 0 Å². The molecule has 0 aliphatic rings. The number of halogens is 2. The van der Waals surface area contributed by atoms with Crippen molar-refractivity contribution in [3.8, 4) is 0 Å². The lowest BCUT2D eigenvalue weighted by atomic mass is 10.1. The molecule has 1 amide bonds. The van der Waals surface area contributed by atoms with Crippen LogP contribution in [0.5, 0.6) is 0 Å². The van der Waals surface area contributed by atoms with Gasteiger partial charge in [-0.2, -0.15) is 0 Å². The molecule has 0 saturated carbocycles. The molecule has 2 aromatic carbocycles. The summed E-state index contributed by atoms with van der Waals surface area (Å²) in [5, 5.41) is 13.6.